The van der Waals surface area contributed by atoms with Crippen LogP contribution >= 0.6 is 0 Å². The lowest BCUT2D eigenvalue weighted by molar-refractivity contribution is 0.112. The van der Waals surface area contributed by atoms with Crippen LogP contribution in [0.3, 0.4) is 0 Å². The van der Waals surface area contributed by atoms with E-state index in [0.717, 1.165) is 0 Å². The Morgan fingerprint density at radius 2 is 1.70 bits per heavy atom. The van der Waals surface area contributed by atoms with E-state index in [1.807, 2.05) is 0 Å². The minimum absolute atomic E-state index is 0.0457. The highest BCUT2D eigenvalue weighted by Gasteiger charge is 2.14. The van der Waals surface area contributed by atoms with Gasteiger partial charge in [-0.1, -0.05) is 0 Å². The predicted molar refractivity (Wildman–Crippen MR) is 74.8 cm³/mol. The summed E-state index contributed by atoms with van der Waals surface area (Å²) in [5.41, 5.74) is 0.405. The summed E-state index contributed by atoms with van der Waals surface area (Å²) in [4.78, 5) is 10.8. The first kappa shape index (κ1) is 16.3. The van der Waals surface area contributed by atoms with Gasteiger partial charge in [-0.3, -0.25) is 4.79 Å². The van der Waals surface area contributed by atoms with Crippen LogP contribution < -0.4 is 14.2 Å². The van der Waals surface area contributed by atoms with E-state index >= 15 is 0 Å². The molecule has 0 spiro atoms. The Hall–Kier alpha value is -1.76. The summed E-state index contributed by atoms with van der Waals surface area (Å²) in [5.74, 6) is 1.13. The largest absolute Gasteiger partial charge is 0.493 e. The van der Waals surface area contributed by atoms with Gasteiger partial charge in [0, 0.05) is 11.8 Å². The molecule has 1 aromatic carbocycles. The molecule has 7 heteroatoms. The molecule has 0 heterocycles. The standard InChI is InChI=1S/C13H18O6S/c1-17-11-7-10(9-14)8-12(18-2)13(11)19-5-4-6-20(3,15)16/h7-9H,4-6H2,1-3H3. The van der Waals surface area contributed by atoms with Crippen molar-refractivity contribution in [2.24, 2.45) is 0 Å². The third-order valence-corrected chi connectivity index (χ3v) is 3.56. The van der Waals surface area contributed by atoms with E-state index < -0.39 is 9.84 Å². The van der Waals surface area contributed by atoms with Crippen LogP contribution in [0, 0.1) is 0 Å². The molecule has 20 heavy (non-hydrogen) atoms. The van der Waals surface area contributed by atoms with Gasteiger partial charge in [0.25, 0.3) is 0 Å². The van der Waals surface area contributed by atoms with Crippen molar-refractivity contribution in [2.45, 2.75) is 6.42 Å². The van der Waals surface area contributed by atoms with Crippen LogP contribution in [-0.4, -0.2) is 47.5 Å². The monoisotopic (exact) mass is 302 g/mol. The van der Waals surface area contributed by atoms with Crippen LogP contribution in [0.5, 0.6) is 17.2 Å². The highest BCUT2D eigenvalue weighted by molar-refractivity contribution is 7.90. The molecule has 0 bridgehead atoms. The average molecular weight is 302 g/mol. The molecule has 0 atom stereocenters. The first-order valence-electron chi connectivity index (χ1n) is 5.93. The molecule has 0 aromatic heterocycles. The Bertz CT molecular complexity index is 539. The van der Waals surface area contributed by atoms with Crippen molar-refractivity contribution in [3.05, 3.63) is 17.7 Å². The van der Waals surface area contributed by atoms with Gasteiger partial charge in [-0.25, -0.2) is 8.42 Å². The van der Waals surface area contributed by atoms with Crippen molar-refractivity contribution in [2.75, 3.05) is 32.8 Å². The number of carbonyl (C=O) groups excluding carboxylic acids is 1. The lowest BCUT2D eigenvalue weighted by Gasteiger charge is -2.14. The summed E-state index contributed by atoms with van der Waals surface area (Å²) >= 11 is 0. The number of hydrogen-bond acceptors (Lipinski definition) is 6. The van der Waals surface area contributed by atoms with Gasteiger partial charge < -0.3 is 14.2 Å². The third kappa shape index (κ3) is 4.73. The van der Waals surface area contributed by atoms with Crippen molar-refractivity contribution in [1.29, 1.82) is 0 Å². The number of rotatable bonds is 8. The van der Waals surface area contributed by atoms with Crippen molar-refractivity contribution in [3.8, 4) is 17.2 Å². The number of aldehydes is 1. The van der Waals surface area contributed by atoms with E-state index in [-0.39, 0.29) is 12.4 Å². The highest BCUT2D eigenvalue weighted by atomic mass is 32.2. The van der Waals surface area contributed by atoms with Gasteiger partial charge in [-0.15, -0.1) is 0 Å². The van der Waals surface area contributed by atoms with Gasteiger partial charge in [-0.05, 0) is 18.6 Å². The summed E-state index contributed by atoms with van der Waals surface area (Å²) < 4.78 is 37.9. The quantitative estimate of drug-likeness (QED) is 0.532. The Kier molecular flexibility index (Phi) is 5.82. The first-order valence-corrected chi connectivity index (χ1v) is 7.99. The SMILES string of the molecule is COc1cc(C=O)cc(OC)c1OCCCS(C)(=O)=O. The van der Waals surface area contributed by atoms with Crippen molar-refractivity contribution >= 4 is 16.1 Å². The summed E-state index contributed by atoms with van der Waals surface area (Å²) in [5, 5.41) is 0. The average Bonchev–Trinajstić information content (AvgIpc) is 2.41. The van der Waals surface area contributed by atoms with Gasteiger partial charge in [0.05, 0.1) is 26.6 Å². The zero-order valence-electron chi connectivity index (χ0n) is 11.7. The third-order valence-electron chi connectivity index (χ3n) is 2.52. The van der Waals surface area contributed by atoms with Gasteiger partial charge in [-0.2, -0.15) is 0 Å². The maximum Gasteiger partial charge on any atom is 0.203 e. The molecular formula is C13H18O6S. The van der Waals surface area contributed by atoms with Crippen LogP contribution in [0.2, 0.25) is 0 Å². The minimum atomic E-state index is -3.01. The van der Waals surface area contributed by atoms with Crippen LogP contribution in [-0.2, 0) is 9.84 Å². The van der Waals surface area contributed by atoms with Gasteiger partial charge >= 0.3 is 0 Å². The van der Waals surface area contributed by atoms with E-state index in [9.17, 15) is 13.2 Å². The minimum Gasteiger partial charge on any atom is -0.493 e. The summed E-state index contributed by atoms with van der Waals surface area (Å²) in [6.45, 7) is 0.209. The number of methoxy groups -OCH3 is 2. The van der Waals surface area contributed by atoms with E-state index in [1.165, 1.54) is 32.6 Å². The van der Waals surface area contributed by atoms with E-state index in [4.69, 9.17) is 14.2 Å². The Morgan fingerprint density at radius 3 is 2.10 bits per heavy atom. The molecule has 0 radical (unpaired) electrons. The molecule has 1 rings (SSSR count). The lowest BCUT2D eigenvalue weighted by Crippen LogP contribution is -2.09. The van der Waals surface area contributed by atoms with Crippen LogP contribution in [0.4, 0.5) is 0 Å². The maximum atomic E-state index is 11.0. The number of carbonyl (C=O) groups is 1. The molecule has 112 valence electrons. The predicted octanol–water partition coefficient (Wildman–Crippen LogP) is 1.33. The van der Waals surface area contributed by atoms with Gasteiger partial charge in [0.15, 0.2) is 11.5 Å². The molecule has 0 N–H and O–H groups in total. The fourth-order valence-corrected chi connectivity index (χ4v) is 2.25. The molecule has 0 unspecified atom stereocenters. The van der Waals surface area contributed by atoms with Gasteiger partial charge in [0.2, 0.25) is 5.75 Å². The first-order chi connectivity index (χ1) is 9.41. The van der Waals surface area contributed by atoms with Crippen LogP contribution in [0.25, 0.3) is 0 Å². The molecule has 6 nitrogen and oxygen atoms in total. The molecule has 0 saturated carbocycles. The molecule has 0 aliphatic carbocycles. The highest BCUT2D eigenvalue weighted by Crippen LogP contribution is 2.38. The lowest BCUT2D eigenvalue weighted by atomic mass is 10.2. The molecule has 0 aliphatic rings. The smallest absolute Gasteiger partial charge is 0.203 e. The number of hydrogen-bond donors (Lipinski definition) is 0. The second-order valence-electron chi connectivity index (χ2n) is 4.20. The zero-order valence-corrected chi connectivity index (χ0v) is 12.5. The molecule has 0 saturated heterocycles. The van der Waals surface area contributed by atoms with Crippen LogP contribution in [0.15, 0.2) is 12.1 Å². The molecule has 0 amide bonds. The van der Waals surface area contributed by atoms with Crippen molar-refractivity contribution in [3.63, 3.8) is 0 Å². The van der Waals surface area contributed by atoms with Crippen molar-refractivity contribution < 1.29 is 27.4 Å². The summed E-state index contributed by atoms with van der Waals surface area (Å²) in [6.07, 6.45) is 2.21. The zero-order chi connectivity index (χ0) is 15.2. The molecule has 0 fully saturated rings. The number of benzene rings is 1. The van der Waals surface area contributed by atoms with Crippen LogP contribution in [0.1, 0.15) is 16.8 Å². The Morgan fingerprint density at radius 1 is 1.15 bits per heavy atom. The second kappa shape index (κ2) is 7.14. The number of ether oxygens (including phenoxy) is 3. The summed E-state index contributed by atoms with van der Waals surface area (Å²) in [7, 11) is -0.107. The summed E-state index contributed by atoms with van der Waals surface area (Å²) in [6, 6.07) is 3.06. The van der Waals surface area contributed by atoms with Gasteiger partial charge in [0.1, 0.15) is 16.1 Å². The maximum absolute atomic E-state index is 11.0. The number of sulfone groups is 1. The Balaban J connectivity index is 2.84. The molecular weight excluding hydrogens is 284 g/mol. The van der Waals surface area contributed by atoms with E-state index in [1.54, 1.807) is 0 Å². The van der Waals surface area contributed by atoms with E-state index in [2.05, 4.69) is 0 Å². The fourth-order valence-electron chi connectivity index (χ4n) is 1.61. The van der Waals surface area contributed by atoms with Crippen molar-refractivity contribution in [1.82, 2.24) is 0 Å². The fraction of sp³-hybridized carbons (Fsp3) is 0.462. The Labute approximate surface area is 118 Å². The van der Waals surface area contributed by atoms with E-state index in [0.29, 0.717) is 35.5 Å². The second-order valence-corrected chi connectivity index (χ2v) is 6.46. The molecule has 1 aromatic rings. The molecule has 0 aliphatic heterocycles. The topological polar surface area (TPSA) is 78.9 Å². The normalized spacial score (nSPS) is 10.9.